The predicted molar refractivity (Wildman–Crippen MR) is 100 cm³/mol. The average molecular weight is 379 g/mol. The number of nitrogens with zero attached hydrogens (tertiary/aromatic N) is 3. The summed E-state index contributed by atoms with van der Waals surface area (Å²) in [4.78, 5) is 17.0. The minimum Gasteiger partial charge on any atom is -0.591 e. The van der Waals surface area contributed by atoms with Crippen molar-refractivity contribution in [3.05, 3.63) is 23.4 Å². The van der Waals surface area contributed by atoms with Crippen molar-refractivity contribution < 1.29 is 19.2 Å². The fourth-order valence-corrected chi connectivity index (χ4v) is 4.31. The number of carboxylic acid groups (broad SMARTS) is 1. The van der Waals surface area contributed by atoms with Crippen molar-refractivity contribution in [2.75, 3.05) is 20.2 Å². The fraction of sp³-hybridized carbons (Fsp3) is 0.611. The van der Waals surface area contributed by atoms with Crippen LogP contribution >= 0.6 is 0 Å². The molecule has 1 aliphatic heterocycles. The lowest BCUT2D eigenvalue weighted by atomic mass is 9.74. The molecular formula is C18H25N3O4S. The Kier molecular flexibility index (Phi) is 4.92. The molecule has 0 bridgehead atoms. The Morgan fingerprint density at radius 1 is 1.42 bits per heavy atom. The van der Waals surface area contributed by atoms with Gasteiger partial charge >= 0.3 is 6.09 Å². The first-order valence-corrected chi connectivity index (χ1v) is 9.79. The van der Waals surface area contributed by atoms with Gasteiger partial charge in [0.25, 0.3) is 0 Å². The minimum atomic E-state index is -1.39. The van der Waals surface area contributed by atoms with Gasteiger partial charge < -0.3 is 19.3 Å². The van der Waals surface area contributed by atoms with E-state index in [1.807, 2.05) is 26.8 Å². The van der Waals surface area contributed by atoms with Gasteiger partial charge in [-0.05, 0) is 45.6 Å². The summed E-state index contributed by atoms with van der Waals surface area (Å²) >= 11 is -1.39. The Morgan fingerprint density at radius 2 is 2.08 bits per heavy atom. The van der Waals surface area contributed by atoms with Gasteiger partial charge in [-0.25, -0.2) is 9.78 Å². The zero-order valence-corrected chi connectivity index (χ0v) is 16.4. The van der Waals surface area contributed by atoms with E-state index in [4.69, 9.17) is 4.74 Å². The summed E-state index contributed by atoms with van der Waals surface area (Å²) in [7, 11) is 1.56. The van der Waals surface area contributed by atoms with Gasteiger partial charge in [-0.2, -0.15) is 0 Å². The van der Waals surface area contributed by atoms with Crippen LogP contribution < -0.4 is 4.74 Å². The highest BCUT2D eigenvalue weighted by Crippen LogP contribution is 2.46. The van der Waals surface area contributed by atoms with Crippen LogP contribution in [0.3, 0.4) is 0 Å². The lowest BCUT2D eigenvalue weighted by Crippen LogP contribution is -2.45. The molecule has 142 valence electrons. The summed E-state index contributed by atoms with van der Waals surface area (Å²) in [5.74, 6) is 0.498. The molecule has 1 N–H and O–H groups in total. The zero-order chi connectivity index (χ0) is 19.1. The molecule has 26 heavy (non-hydrogen) atoms. The summed E-state index contributed by atoms with van der Waals surface area (Å²) in [6, 6.07) is 1.85. The molecule has 1 saturated heterocycles. The van der Waals surface area contributed by atoms with Gasteiger partial charge in [0, 0.05) is 36.3 Å². The Hall–Kier alpha value is -1.80. The van der Waals surface area contributed by atoms with E-state index < -0.39 is 22.2 Å². The molecule has 1 aromatic heterocycles. The number of rotatable bonds is 2. The third kappa shape index (κ3) is 3.40. The molecule has 1 fully saturated rings. The summed E-state index contributed by atoms with van der Waals surface area (Å²) in [5, 5.41) is 9.25. The number of fused-ring (bicyclic) bond motifs is 1. The van der Waals surface area contributed by atoms with E-state index in [1.165, 1.54) is 4.90 Å². The maximum absolute atomic E-state index is 12.8. The molecule has 0 radical (unpaired) electrons. The van der Waals surface area contributed by atoms with E-state index in [1.54, 1.807) is 13.3 Å². The van der Waals surface area contributed by atoms with E-state index in [2.05, 4.69) is 9.38 Å². The van der Waals surface area contributed by atoms with Crippen molar-refractivity contribution in [3.8, 4) is 5.88 Å². The molecule has 3 rings (SSSR count). The quantitative estimate of drug-likeness (QED) is 0.797. The molecular weight excluding hydrogens is 354 g/mol. The highest BCUT2D eigenvalue weighted by molar-refractivity contribution is 7.91. The van der Waals surface area contributed by atoms with Crippen LogP contribution in [0.1, 0.15) is 44.7 Å². The molecule has 1 unspecified atom stereocenters. The molecule has 2 aliphatic rings. The summed E-state index contributed by atoms with van der Waals surface area (Å²) in [6.07, 6.45) is 2.97. The summed E-state index contributed by atoms with van der Waals surface area (Å²) < 4.78 is 22.2. The Morgan fingerprint density at radius 3 is 2.62 bits per heavy atom. The second-order valence-corrected chi connectivity index (χ2v) is 9.82. The van der Waals surface area contributed by atoms with Gasteiger partial charge in [-0.15, -0.1) is 0 Å². The first-order valence-electron chi connectivity index (χ1n) is 8.69. The van der Waals surface area contributed by atoms with Crippen molar-refractivity contribution in [1.82, 2.24) is 9.88 Å². The topological polar surface area (TPSA) is 98.1 Å². The highest BCUT2D eigenvalue weighted by atomic mass is 32.2. The van der Waals surface area contributed by atoms with Gasteiger partial charge in [0.15, 0.2) is 0 Å². The molecule has 2 heterocycles. The van der Waals surface area contributed by atoms with Gasteiger partial charge in [0.1, 0.15) is 21.8 Å². The number of ether oxygens (including phenoxy) is 1. The van der Waals surface area contributed by atoms with Crippen LogP contribution in [-0.2, 0) is 17.8 Å². The first kappa shape index (κ1) is 19.0. The van der Waals surface area contributed by atoms with Crippen molar-refractivity contribution in [2.24, 2.45) is 9.81 Å². The third-order valence-corrected chi connectivity index (χ3v) is 6.54. The van der Waals surface area contributed by atoms with Gasteiger partial charge in [0.2, 0.25) is 5.88 Å². The standard InChI is InChI=1S/C18H25N3O4S/c1-17(2,3)26(24)20-15-13-9-14(25-4)19-11-12(13)10-18(15)5-7-21(8-6-18)16(22)23/h9,11H,5-8,10H2,1-4H3,(H,22,23). The van der Waals surface area contributed by atoms with Crippen molar-refractivity contribution >= 4 is 23.2 Å². The second-order valence-electron chi connectivity index (χ2n) is 7.91. The number of methoxy groups -OCH3 is 1. The van der Waals surface area contributed by atoms with Gasteiger partial charge in [0.05, 0.1) is 7.11 Å². The zero-order valence-electron chi connectivity index (χ0n) is 15.6. The smallest absolute Gasteiger partial charge is 0.407 e. The van der Waals surface area contributed by atoms with Crippen LogP contribution in [0, 0.1) is 5.41 Å². The number of piperidine rings is 1. The average Bonchev–Trinajstić information content (AvgIpc) is 2.87. The fourth-order valence-electron chi connectivity index (χ4n) is 3.58. The molecule has 1 atom stereocenters. The van der Waals surface area contributed by atoms with Crippen molar-refractivity contribution in [2.45, 2.75) is 44.8 Å². The van der Waals surface area contributed by atoms with E-state index in [-0.39, 0.29) is 5.41 Å². The molecule has 1 spiro atoms. The van der Waals surface area contributed by atoms with Crippen molar-refractivity contribution in [1.29, 1.82) is 0 Å². The number of pyridine rings is 1. The number of carbonyl (C=O) groups is 1. The lowest BCUT2D eigenvalue weighted by Gasteiger charge is -2.38. The maximum atomic E-state index is 12.8. The van der Waals surface area contributed by atoms with Crippen LogP contribution in [0.4, 0.5) is 4.79 Å². The van der Waals surface area contributed by atoms with E-state index in [9.17, 15) is 14.5 Å². The summed E-state index contributed by atoms with van der Waals surface area (Å²) in [5.41, 5.74) is 2.51. The predicted octanol–water partition coefficient (Wildman–Crippen LogP) is 2.66. The normalized spacial score (nSPS) is 21.7. The van der Waals surface area contributed by atoms with Crippen LogP contribution in [0.25, 0.3) is 0 Å². The number of aromatic nitrogens is 1. The largest absolute Gasteiger partial charge is 0.591 e. The molecule has 0 aromatic carbocycles. The van der Waals surface area contributed by atoms with Crippen molar-refractivity contribution in [3.63, 3.8) is 0 Å². The van der Waals surface area contributed by atoms with Gasteiger partial charge in [-0.1, -0.05) is 4.40 Å². The second kappa shape index (κ2) is 6.74. The van der Waals surface area contributed by atoms with Crippen LogP contribution in [0.15, 0.2) is 16.7 Å². The monoisotopic (exact) mass is 379 g/mol. The van der Waals surface area contributed by atoms with Crippen LogP contribution in [-0.4, -0.2) is 56.3 Å². The van der Waals surface area contributed by atoms with E-state index in [0.717, 1.165) is 23.3 Å². The third-order valence-electron chi connectivity index (χ3n) is 5.15. The molecule has 8 heteroatoms. The van der Waals surface area contributed by atoms with Gasteiger partial charge in [-0.3, -0.25) is 0 Å². The van der Waals surface area contributed by atoms with Crippen LogP contribution in [0.2, 0.25) is 0 Å². The van der Waals surface area contributed by atoms with Crippen LogP contribution in [0.5, 0.6) is 5.88 Å². The first-order chi connectivity index (χ1) is 12.2. The Labute approximate surface area is 156 Å². The minimum absolute atomic E-state index is 0.288. The maximum Gasteiger partial charge on any atom is 0.407 e. The lowest BCUT2D eigenvalue weighted by molar-refractivity contribution is 0.115. The SMILES string of the molecule is COc1cc2c(cn1)CC1(CCN(C(=O)O)CC1)C2=N[S+]([O-])C(C)(C)C. The van der Waals surface area contributed by atoms with E-state index >= 15 is 0 Å². The molecule has 0 saturated carbocycles. The number of likely N-dealkylation sites (tertiary alicyclic amines) is 1. The van der Waals surface area contributed by atoms with E-state index in [0.29, 0.717) is 31.8 Å². The molecule has 1 amide bonds. The highest BCUT2D eigenvalue weighted by Gasteiger charge is 2.48. The summed E-state index contributed by atoms with van der Waals surface area (Å²) in [6.45, 7) is 6.60. The number of hydrogen-bond donors (Lipinski definition) is 1. The Balaban J connectivity index is 2.02. The Bertz CT molecular complexity index is 736. The number of amides is 1. The molecule has 7 nitrogen and oxygen atoms in total. The molecule has 1 aromatic rings. The molecule has 1 aliphatic carbocycles. The number of hydrogen-bond acceptors (Lipinski definition) is 5.